The summed E-state index contributed by atoms with van der Waals surface area (Å²) in [5.74, 6) is -0.107. The Morgan fingerprint density at radius 2 is 1.88 bits per heavy atom. The van der Waals surface area contributed by atoms with E-state index in [2.05, 4.69) is 17.2 Å². The predicted octanol–water partition coefficient (Wildman–Crippen LogP) is 2.66. The first-order chi connectivity index (χ1) is 11.5. The summed E-state index contributed by atoms with van der Waals surface area (Å²) in [7, 11) is 0. The molecule has 2 rings (SSSR count). The molecule has 0 heterocycles. The van der Waals surface area contributed by atoms with Crippen LogP contribution in [0.15, 0.2) is 49.1 Å². The fourth-order valence-electron chi connectivity index (χ4n) is 2.28. The highest BCUT2D eigenvalue weighted by atomic mass is 16.5. The molecule has 0 aliphatic carbocycles. The third-order valence-corrected chi connectivity index (χ3v) is 3.31. The van der Waals surface area contributed by atoms with E-state index >= 15 is 0 Å². The van der Waals surface area contributed by atoms with E-state index in [4.69, 9.17) is 4.74 Å². The van der Waals surface area contributed by atoms with E-state index < -0.39 is 0 Å². The van der Waals surface area contributed by atoms with Crippen LogP contribution >= 0.6 is 0 Å². The lowest BCUT2D eigenvalue weighted by atomic mass is 10.1. The molecule has 2 amide bonds. The van der Waals surface area contributed by atoms with E-state index in [9.17, 15) is 9.59 Å². The smallest absolute Gasteiger partial charge is 0.258 e. The average molecular weight is 326 g/mol. The molecule has 0 aliphatic heterocycles. The van der Waals surface area contributed by atoms with Crippen LogP contribution in [-0.2, 0) is 4.79 Å². The molecule has 0 aliphatic rings. The lowest BCUT2D eigenvalue weighted by Crippen LogP contribution is -2.34. The summed E-state index contributed by atoms with van der Waals surface area (Å²) in [4.78, 5) is 24.1. The van der Waals surface area contributed by atoms with Crippen molar-refractivity contribution in [3.8, 4) is 5.75 Å². The standard InChI is InChI=1S/C19H22N2O3/c1-4-9-20-19(23)16-10-14-7-5-6-8-15(14)11-17(16)24-12-18(22)21-13(2)3/h4-8,10-11,13H,1,9,12H2,2-3H3,(H,20,23)(H,21,22). The molecule has 2 aromatic carbocycles. The minimum atomic E-state index is -0.264. The van der Waals surface area contributed by atoms with Crippen molar-refractivity contribution in [2.75, 3.05) is 13.2 Å². The zero-order chi connectivity index (χ0) is 17.5. The van der Waals surface area contributed by atoms with Crippen molar-refractivity contribution in [1.29, 1.82) is 0 Å². The summed E-state index contributed by atoms with van der Waals surface area (Å²) in [5.41, 5.74) is 0.396. The number of fused-ring (bicyclic) bond motifs is 1. The maximum Gasteiger partial charge on any atom is 0.258 e. The van der Waals surface area contributed by atoms with Crippen molar-refractivity contribution in [1.82, 2.24) is 10.6 Å². The van der Waals surface area contributed by atoms with Gasteiger partial charge in [0.15, 0.2) is 6.61 Å². The zero-order valence-corrected chi connectivity index (χ0v) is 14.0. The molecule has 0 saturated carbocycles. The average Bonchev–Trinajstić information content (AvgIpc) is 2.56. The van der Waals surface area contributed by atoms with Crippen molar-refractivity contribution < 1.29 is 14.3 Å². The van der Waals surface area contributed by atoms with E-state index in [0.717, 1.165) is 10.8 Å². The SMILES string of the molecule is C=CCNC(=O)c1cc2ccccc2cc1OCC(=O)NC(C)C. The summed E-state index contributed by atoms with van der Waals surface area (Å²) < 4.78 is 5.61. The number of hydrogen-bond acceptors (Lipinski definition) is 3. The first-order valence-corrected chi connectivity index (χ1v) is 7.85. The van der Waals surface area contributed by atoms with Crippen molar-refractivity contribution in [2.45, 2.75) is 19.9 Å². The Kier molecular flexibility index (Phi) is 5.95. The Bertz CT molecular complexity index is 753. The highest BCUT2D eigenvalue weighted by Gasteiger charge is 2.15. The van der Waals surface area contributed by atoms with Gasteiger partial charge < -0.3 is 15.4 Å². The summed E-state index contributed by atoms with van der Waals surface area (Å²) in [6, 6.07) is 11.3. The van der Waals surface area contributed by atoms with Crippen LogP contribution in [0.3, 0.4) is 0 Å². The summed E-state index contributed by atoms with van der Waals surface area (Å²) >= 11 is 0. The zero-order valence-electron chi connectivity index (χ0n) is 14.0. The molecule has 24 heavy (non-hydrogen) atoms. The molecule has 0 saturated heterocycles. The lowest BCUT2D eigenvalue weighted by molar-refractivity contribution is -0.123. The van der Waals surface area contributed by atoms with Gasteiger partial charge in [-0.15, -0.1) is 6.58 Å². The Balaban J connectivity index is 2.28. The van der Waals surface area contributed by atoms with Crippen LogP contribution in [0, 0.1) is 0 Å². The van der Waals surface area contributed by atoms with Gasteiger partial charge in [0.25, 0.3) is 11.8 Å². The summed E-state index contributed by atoms with van der Waals surface area (Å²) in [6.45, 7) is 7.56. The predicted molar refractivity (Wildman–Crippen MR) is 95.3 cm³/mol. The number of amides is 2. The van der Waals surface area contributed by atoms with Crippen LogP contribution in [0.2, 0.25) is 0 Å². The molecular weight excluding hydrogens is 304 g/mol. The Morgan fingerprint density at radius 1 is 1.21 bits per heavy atom. The van der Waals surface area contributed by atoms with Crippen LogP contribution in [0.1, 0.15) is 24.2 Å². The van der Waals surface area contributed by atoms with Crippen LogP contribution < -0.4 is 15.4 Å². The molecule has 0 spiro atoms. The minimum Gasteiger partial charge on any atom is -0.483 e. The van der Waals surface area contributed by atoms with Crippen LogP contribution in [0.25, 0.3) is 10.8 Å². The maximum atomic E-state index is 12.4. The van der Waals surface area contributed by atoms with E-state index in [1.807, 2.05) is 38.1 Å². The molecule has 0 atom stereocenters. The van der Waals surface area contributed by atoms with Crippen LogP contribution in [0.5, 0.6) is 5.75 Å². The van der Waals surface area contributed by atoms with Crippen molar-refractivity contribution in [2.24, 2.45) is 0 Å². The van der Waals surface area contributed by atoms with Crippen molar-refractivity contribution >= 4 is 22.6 Å². The lowest BCUT2D eigenvalue weighted by Gasteiger charge is -2.14. The second-order valence-electron chi connectivity index (χ2n) is 5.71. The van der Waals surface area contributed by atoms with Gasteiger partial charge >= 0.3 is 0 Å². The third-order valence-electron chi connectivity index (χ3n) is 3.31. The van der Waals surface area contributed by atoms with E-state index in [1.54, 1.807) is 18.2 Å². The Morgan fingerprint density at radius 3 is 2.50 bits per heavy atom. The molecule has 0 bridgehead atoms. The summed E-state index contributed by atoms with van der Waals surface area (Å²) in [5, 5.41) is 7.36. The molecule has 5 heteroatoms. The van der Waals surface area contributed by atoms with Gasteiger partial charge in [-0.2, -0.15) is 0 Å². The number of ether oxygens (including phenoxy) is 1. The van der Waals surface area contributed by atoms with Gasteiger partial charge in [0.1, 0.15) is 5.75 Å². The minimum absolute atomic E-state index is 0.0352. The second-order valence-corrected chi connectivity index (χ2v) is 5.71. The van der Waals surface area contributed by atoms with Gasteiger partial charge in [0.2, 0.25) is 0 Å². The monoisotopic (exact) mass is 326 g/mol. The Labute approximate surface area is 141 Å². The number of nitrogens with one attached hydrogen (secondary N) is 2. The van der Waals surface area contributed by atoms with Gasteiger partial charge in [-0.25, -0.2) is 0 Å². The van der Waals surface area contributed by atoms with Gasteiger partial charge in [0, 0.05) is 12.6 Å². The highest BCUT2D eigenvalue weighted by Crippen LogP contribution is 2.26. The summed E-state index contributed by atoms with van der Waals surface area (Å²) in [6.07, 6.45) is 1.61. The number of carbonyl (C=O) groups excluding carboxylic acids is 2. The molecule has 0 radical (unpaired) electrons. The Hall–Kier alpha value is -2.82. The second kappa shape index (κ2) is 8.15. The number of hydrogen-bond donors (Lipinski definition) is 2. The maximum absolute atomic E-state index is 12.4. The topological polar surface area (TPSA) is 67.4 Å². The molecule has 0 unspecified atom stereocenters. The van der Waals surface area contributed by atoms with E-state index in [0.29, 0.717) is 17.9 Å². The molecule has 0 aromatic heterocycles. The quantitative estimate of drug-likeness (QED) is 0.769. The number of rotatable bonds is 7. The van der Waals surface area contributed by atoms with Crippen LogP contribution in [-0.4, -0.2) is 31.0 Å². The molecule has 2 aromatic rings. The van der Waals surface area contributed by atoms with Crippen molar-refractivity contribution in [3.05, 3.63) is 54.6 Å². The van der Waals surface area contributed by atoms with Gasteiger partial charge in [-0.3, -0.25) is 9.59 Å². The first kappa shape index (κ1) is 17.5. The molecule has 0 fully saturated rings. The molecule has 126 valence electrons. The molecule has 5 nitrogen and oxygen atoms in total. The fraction of sp³-hybridized carbons (Fsp3) is 0.263. The first-order valence-electron chi connectivity index (χ1n) is 7.85. The van der Waals surface area contributed by atoms with Crippen LogP contribution in [0.4, 0.5) is 0 Å². The number of benzene rings is 2. The highest BCUT2D eigenvalue weighted by molar-refractivity contribution is 6.01. The largest absolute Gasteiger partial charge is 0.483 e. The van der Waals surface area contributed by atoms with Gasteiger partial charge in [-0.05, 0) is 36.8 Å². The van der Waals surface area contributed by atoms with E-state index in [-0.39, 0.29) is 24.5 Å². The normalized spacial score (nSPS) is 10.5. The van der Waals surface area contributed by atoms with Gasteiger partial charge in [0.05, 0.1) is 5.56 Å². The number of carbonyl (C=O) groups is 2. The van der Waals surface area contributed by atoms with Gasteiger partial charge in [-0.1, -0.05) is 30.3 Å². The van der Waals surface area contributed by atoms with E-state index in [1.165, 1.54) is 0 Å². The molecule has 2 N–H and O–H groups in total. The molecular formula is C19H22N2O3. The van der Waals surface area contributed by atoms with Crippen molar-refractivity contribution in [3.63, 3.8) is 0 Å². The third kappa shape index (κ3) is 4.59. The fourth-order valence-corrected chi connectivity index (χ4v) is 2.28.